The minimum absolute atomic E-state index is 0.0424. The molecule has 1 N–H and O–H groups in total. The van der Waals surface area contributed by atoms with E-state index in [1.165, 1.54) is 0 Å². The summed E-state index contributed by atoms with van der Waals surface area (Å²) in [7, 11) is 0. The molecule has 0 saturated carbocycles. The van der Waals surface area contributed by atoms with Crippen LogP contribution in [0, 0.1) is 17.5 Å². The van der Waals surface area contributed by atoms with E-state index in [1.807, 2.05) is 29.6 Å². The summed E-state index contributed by atoms with van der Waals surface area (Å²) in [5.41, 5.74) is 0.953. The van der Waals surface area contributed by atoms with Crippen LogP contribution in [-0.2, 0) is 6.54 Å². The normalized spacial score (nSPS) is 10.9. The van der Waals surface area contributed by atoms with Crippen molar-refractivity contribution in [1.29, 1.82) is 0 Å². The van der Waals surface area contributed by atoms with Crippen LogP contribution in [0.3, 0.4) is 0 Å². The van der Waals surface area contributed by atoms with Crippen LogP contribution in [0.1, 0.15) is 5.56 Å². The highest BCUT2D eigenvalue weighted by atomic mass is 32.1. The molecule has 1 heterocycles. The zero-order chi connectivity index (χ0) is 14.1. The fourth-order valence-corrected chi connectivity index (χ4v) is 2.98. The summed E-state index contributed by atoms with van der Waals surface area (Å²) in [6, 6.07) is 9.23. The Bertz CT molecular complexity index is 767. The van der Waals surface area contributed by atoms with Gasteiger partial charge in [-0.3, -0.25) is 0 Å². The maximum atomic E-state index is 13.5. The first-order chi connectivity index (χ1) is 9.65. The minimum atomic E-state index is -1.19. The average molecular weight is 293 g/mol. The first-order valence-corrected chi connectivity index (χ1v) is 6.86. The Morgan fingerprint density at radius 2 is 1.70 bits per heavy atom. The van der Waals surface area contributed by atoms with Gasteiger partial charge in [-0.25, -0.2) is 13.2 Å². The molecule has 1 aromatic heterocycles. The molecule has 0 saturated heterocycles. The molecule has 0 radical (unpaired) electrons. The number of hydrogen-bond donors (Lipinski definition) is 1. The molecule has 0 spiro atoms. The number of rotatable bonds is 3. The molecule has 1 nitrogen and oxygen atoms in total. The van der Waals surface area contributed by atoms with Crippen LogP contribution in [0.25, 0.3) is 10.1 Å². The molecule has 0 aliphatic rings. The van der Waals surface area contributed by atoms with Crippen LogP contribution in [0.5, 0.6) is 0 Å². The van der Waals surface area contributed by atoms with Gasteiger partial charge in [0.15, 0.2) is 11.6 Å². The number of halogens is 3. The number of hydrogen-bond acceptors (Lipinski definition) is 2. The van der Waals surface area contributed by atoms with Gasteiger partial charge < -0.3 is 5.32 Å². The summed E-state index contributed by atoms with van der Waals surface area (Å²) >= 11 is 1.59. The van der Waals surface area contributed by atoms with Crippen LogP contribution in [0.2, 0.25) is 0 Å². The molecule has 0 amide bonds. The Morgan fingerprint density at radius 1 is 0.950 bits per heavy atom. The highest BCUT2D eigenvalue weighted by Gasteiger charge is 2.10. The van der Waals surface area contributed by atoms with Gasteiger partial charge in [0.25, 0.3) is 0 Å². The van der Waals surface area contributed by atoms with Crippen molar-refractivity contribution in [3.8, 4) is 0 Å². The smallest absolute Gasteiger partial charge is 0.161 e. The van der Waals surface area contributed by atoms with Crippen molar-refractivity contribution >= 4 is 27.1 Å². The second-order valence-electron chi connectivity index (χ2n) is 4.36. The highest BCUT2D eigenvalue weighted by molar-refractivity contribution is 7.17. The van der Waals surface area contributed by atoms with Crippen molar-refractivity contribution in [2.75, 3.05) is 5.32 Å². The quantitative estimate of drug-likeness (QED) is 0.675. The maximum Gasteiger partial charge on any atom is 0.161 e. The van der Waals surface area contributed by atoms with Crippen molar-refractivity contribution < 1.29 is 13.2 Å². The summed E-state index contributed by atoms with van der Waals surface area (Å²) in [5, 5.41) is 5.85. The lowest BCUT2D eigenvalue weighted by Gasteiger charge is -2.07. The topological polar surface area (TPSA) is 12.0 Å². The molecule has 3 aromatic rings. The molecular formula is C15H10F3NS. The van der Waals surface area contributed by atoms with E-state index in [9.17, 15) is 13.2 Å². The standard InChI is InChI=1S/C15H10F3NS/c16-11-5-13(18)14(6-12(11)17)19-7-9-8-20-15-4-2-1-3-10(9)15/h1-6,8,19H,7H2. The van der Waals surface area contributed by atoms with Gasteiger partial charge >= 0.3 is 0 Å². The lowest BCUT2D eigenvalue weighted by Crippen LogP contribution is -2.02. The van der Waals surface area contributed by atoms with Gasteiger partial charge in [0.2, 0.25) is 0 Å². The van der Waals surface area contributed by atoms with Gasteiger partial charge in [-0.1, -0.05) is 18.2 Å². The van der Waals surface area contributed by atoms with Crippen LogP contribution in [0.4, 0.5) is 18.9 Å². The van der Waals surface area contributed by atoms with E-state index in [1.54, 1.807) is 11.3 Å². The molecule has 0 aliphatic heterocycles. The highest BCUT2D eigenvalue weighted by Crippen LogP contribution is 2.27. The van der Waals surface area contributed by atoms with E-state index < -0.39 is 17.5 Å². The van der Waals surface area contributed by atoms with Crippen molar-refractivity contribution in [2.24, 2.45) is 0 Å². The fraction of sp³-hybridized carbons (Fsp3) is 0.0667. The van der Waals surface area contributed by atoms with E-state index in [2.05, 4.69) is 5.32 Å². The van der Waals surface area contributed by atoms with E-state index in [0.29, 0.717) is 12.6 Å². The zero-order valence-corrected chi connectivity index (χ0v) is 11.1. The number of fused-ring (bicyclic) bond motifs is 1. The SMILES string of the molecule is Fc1cc(F)c(NCc2csc3ccccc23)cc1F. The van der Waals surface area contributed by atoms with Gasteiger partial charge in [-0.05, 0) is 22.4 Å². The largest absolute Gasteiger partial charge is 0.378 e. The van der Waals surface area contributed by atoms with Crippen molar-refractivity contribution in [1.82, 2.24) is 0 Å². The second kappa shape index (κ2) is 5.17. The number of anilines is 1. The summed E-state index contributed by atoms with van der Waals surface area (Å²) < 4.78 is 40.6. The van der Waals surface area contributed by atoms with Crippen molar-refractivity contribution in [3.05, 3.63) is 64.8 Å². The molecule has 20 heavy (non-hydrogen) atoms. The maximum absolute atomic E-state index is 13.5. The Hall–Kier alpha value is -2.01. The molecule has 102 valence electrons. The van der Waals surface area contributed by atoms with Gasteiger partial charge in [-0.15, -0.1) is 11.3 Å². The molecule has 0 aliphatic carbocycles. The third-order valence-electron chi connectivity index (χ3n) is 3.04. The Morgan fingerprint density at radius 3 is 2.55 bits per heavy atom. The minimum Gasteiger partial charge on any atom is -0.378 e. The molecule has 3 rings (SSSR count). The zero-order valence-electron chi connectivity index (χ0n) is 10.3. The monoisotopic (exact) mass is 293 g/mol. The lowest BCUT2D eigenvalue weighted by molar-refractivity contribution is 0.496. The molecule has 5 heteroatoms. The fourth-order valence-electron chi connectivity index (χ4n) is 2.02. The number of nitrogens with one attached hydrogen (secondary N) is 1. The summed E-state index contributed by atoms with van der Waals surface area (Å²) in [5.74, 6) is -3.05. The van der Waals surface area contributed by atoms with E-state index >= 15 is 0 Å². The van der Waals surface area contributed by atoms with Gasteiger partial charge in [-0.2, -0.15) is 0 Å². The van der Waals surface area contributed by atoms with Crippen LogP contribution in [0.15, 0.2) is 41.8 Å². The predicted octanol–water partition coefficient (Wildman–Crippen LogP) is 4.93. The second-order valence-corrected chi connectivity index (χ2v) is 5.27. The van der Waals surface area contributed by atoms with Crippen molar-refractivity contribution in [2.45, 2.75) is 6.54 Å². The third-order valence-corrected chi connectivity index (χ3v) is 4.05. The molecule has 0 fully saturated rings. The van der Waals surface area contributed by atoms with E-state index in [-0.39, 0.29) is 5.69 Å². The van der Waals surface area contributed by atoms with Gasteiger partial charge in [0, 0.05) is 23.4 Å². The van der Waals surface area contributed by atoms with E-state index in [4.69, 9.17) is 0 Å². The molecule has 2 aromatic carbocycles. The van der Waals surface area contributed by atoms with Gasteiger partial charge in [0.05, 0.1) is 5.69 Å². The van der Waals surface area contributed by atoms with Crippen LogP contribution >= 0.6 is 11.3 Å². The number of benzene rings is 2. The average Bonchev–Trinajstić information content (AvgIpc) is 2.85. The van der Waals surface area contributed by atoms with Crippen LogP contribution in [-0.4, -0.2) is 0 Å². The van der Waals surface area contributed by atoms with Crippen molar-refractivity contribution in [3.63, 3.8) is 0 Å². The summed E-state index contributed by atoms with van der Waals surface area (Å²) in [6.07, 6.45) is 0. The predicted molar refractivity (Wildman–Crippen MR) is 75.5 cm³/mol. The third kappa shape index (κ3) is 2.36. The Kier molecular flexibility index (Phi) is 3.36. The number of thiophene rings is 1. The molecular weight excluding hydrogens is 283 g/mol. The van der Waals surface area contributed by atoms with Crippen LogP contribution < -0.4 is 5.32 Å². The van der Waals surface area contributed by atoms with Gasteiger partial charge in [0.1, 0.15) is 5.82 Å². The summed E-state index contributed by atoms with van der Waals surface area (Å²) in [4.78, 5) is 0. The Labute approximate surface area is 117 Å². The first-order valence-electron chi connectivity index (χ1n) is 5.98. The first kappa shape index (κ1) is 13.0. The van der Waals surface area contributed by atoms with E-state index in [0.717, 1.165) is 21.7 Å². The summed E-state index contributed by atoms with van der Waals surface area (Å²) in [6.45, 7) is 0.353. The lowest BCUT2D eigenvalue weighted by atomic mass is 10.2. The molecule has 0 unspecified atom stereocenters. The molecule has 0 atom stereocenters. The Balaban J connectivity index is 1.85. The molecule has 0 bridgehead atoms.